The van der Waals surface area contributed by atoms with E-state index in [9.17, 15) is 8.42 Å². The first-order valence-corrected chi connectivity index (χ1v) is 7.63. The van der Waals surface area contributed by atoms with Gasteiger partial charge in [-0.05, 0) is 13.0 Å². The van der Waals surface area contributed by atoms with Crippen molar-refractivity contribution in [3.8, 4) is 0 Å². The van der Waals surface area contributed by atoms with Crippen molar-refractivity contribution in [1.29, 1.82) is 0 Å². The second kappa shape index (κ2) is 5.68. The van der Waals surface area contributed by atoms with Gasteiger partial charge < -0.3 is 10.9 Å². The molecule has 0 aromatic heterocycles. The summed E-state index contributed by atoms with van der Waals surface area (Å²) in [6.07, 6.45) is 0.680. The zero-order valence-corrected chi connectivity index (χ0v) is 11.2. The molecule has 1 saturated heterocycles. The number of rotatable bonds is 5. The molecule has 2 unspecified atom stereocenters. The van der Waals surface area contributed by atoms with Gasteiger partial charge in [-0.3, -0.25) is 4.90 Å². The molecule has 7 heteroatoms. The number of sulfone groups is 1. The average molecular weight is 263 g/mol. The van der Waals surface area contributed by atoms with Gasteiger partial charge in [-0.25, -0.2) is 8.42 Å². The molecule has 1 aliphatic heterocycles. The fraction of sp³-hybridized carbons (Fsp3) is 0.900. The third-order valence-electron chi connectivity index (χ3n) is 3.26. The standard InChI is InChI=1S/C10H21N3O3S/c1-3-13(6-8(2)10(11)12-14)9-4-5-17(15,16)7-9/h8-9,14H,3-7H2,1-2H3,(H2,11,12). The minimum Gasteiger partial charge on any atom is -0.409 e. The van der Waals surface area contributed by atoms with Gasteiger partial charge in [0.25, 0.3) is 0 Å². The van der Waals surface area contributed by atoms with Gasteiger partial charge in [-0.2, -0.15) is 0 Å². The van der Waals surface area contributed by atoms with Gasteiger partial charge in [0.15, 0.2) is 9.84 Å². The first-order valence-electron chi connectivity index (χ1n) is 5.81. The van der Waals surface area contributed by atoms with Crippen LogP contribution in [0.5, 0.6) is 0 Å². The smallest absolute Gasteiger partial charge is 0.151 e. The highest BCUT2D eigenvalue weighted by atomic mass is 32.2. The topological polar surface area (TPSA) is 96.0 Å². The van der Waals surface area contributed by atoms with E-state index in [4.69, 9.17) is 10.9 Å². The monoisotopic (exact) mass is 263 g/mol. The number of hydrogen-bond acceptors (Lipinski definition) is 5. The van der Waals surface area contributed by atoms with Crippen LogP contribution in [0.4, 0.5) is 0 Å². The summed E-state index contributed by atoms with van der Waals surface area (Å²) in [7, 11) is -2.86. The first kappa shape index (κ1) is 14.2. The van der Waals surface area contributed by atoms with E-state index in [0.29, 0.717) is 13.0 Å². The second-order valence-electron chi connectivity index (χ2n) is 4.57. The van der Waals surface area contributed by atoms with Crippen molar-refractivity contribution in [2.45, 2.75) is 26.3 Å². The maximum absolute atomic E-state index is 11.4. The number of amidine groups is 1. The third-order valence-corrected chi connectivity index (χ3v) is 5.01. The molecule has 0 spiro atoms. The molecule has 1 heterocycles. The summed E-state index contributed by atoms with van der Waals surface area (Å²) in [6, 6.07) is 0.0685. The molecule has 1 fully saturated rings. The quantitative estimate of drug-likeness (QED) is 0.312. The van der Waals surface area contributed by atoms with Crippen molar-refractivity contribution in [2.75, 3.05) is 24.6 Å². The van der Waals surface area contributed by atoms with Crippen LogP contribution in [0, 0.1) is 5.92 Å². The lowest BCUT2D eigenvalue weighted by atomic mass is 10.1. The Hall–Kier alpha value is -0.820. The Bertz CT molecular complexity index is 380. The highest BCUT2D eigenvalue weighted by Gasteiger charge is 2.32. The van der Waals surface area contributed by atoms with Crippen molar-refractivity contribution in [3.05, 3.63) is 0 Å². The highest BCUT2D eigenvalue weighted by molar-refractivity contribution is 7.91. The van der Waals surface area contributed by atoms with E-state index in [1.54, 1.807) is 0 Å². The molecule has 3 N–H and O–H groups in total. The largest absolute Gasteiger partial charge is 0.409 e. The van der Waals surface area contributed by atoms with Crippen molar-refractivity contribution >= 4 is 15.7 Å². The van der Waals surface area contributed by atoms with Gasteiger partial charge in [-0.1, -0.05) is 19.0 Å². The number of hydrogen-bond donors (Lipinski definition) is 2. The Labute approximate surface area is 102 Å². The molecule has 0 amide bonds. The average Bonchev–Trinajstić information content (AvgIpc) is 2.64. The van der Waals surface area contributed by atoms with Gasteiger partial charge in [0.1, 0.15) is 5.84 Å². The summed E-state index contributed by atoms with van der Waals surface area (Å²) >= 11 is 0. The Morgan fingerprint density at radius 1 is 1.65 bits per heavy atom. The van der Waals surface area contributed by atoms with Gasteiger partial charge in [-0.15, -0.1) is 0 Å². The minimum absolute atomic E-state index is 0.0685. The Morgan fingerprint density at radius 2 is 2.29 bits per heavy atom. The Kier molecular flexibility index (Phi) is 4.76. The summed E-state index contributed by atoms with van der Waals surface area (Å²) in [6.45, 7) is 5.24. The molecule has 0 aliphatic carbocycles. The Balaban J connectivity index is 2.61. The van der Waals surface area contributed by atoms with E-state index in [1.165, 1.54) is 0 Å². The zero-order chi connectivity index (χ0) is 13.1. The van der Waals surface area contributed by atoms with Gasteiger partial charge >= 0.3 is 0 Å². The lowest BCUT2D eigenvalue weighted by Crippen LogP contribution is -2.41. The number of nitrogens with zero attached hydrogens (tertiary/aromatic N) is 2. The summed E-state index contributed by atoms with van der Waals surface area (Å²) in [5.74, 6) is 0.600. The minimum atomic E-state index is -2.86. The summed E-state index contributed by atoms with van der Waals surface area (Å²) < 4.78 is 22.8. The molecule has 1 rings (SSSR count). The first-order chi connectivity index (χ1) is 7.89. The summed E-state index contributed by atoms with van der Waals surface area (Å²) in [5, 5.41) is 11.6. The predicted molar refractivity (Wildman–Crippen MR) is 66.9 cm³/mol. The molecule has 1 aliphatic rings. The van der Waals surface area contributed by atoms with Crippen LogP contribution in [-0.4, -0.2) is 55.0 Å². The molecule has 100 valence electrons. The van der Waals surface area contributed by atoms with Crippen LogP contribution in [0.25, 0.3) is 0 Å². The molecule has 2 atom stereocenters. The van der Waals surface area contributed by atoms with Crippen LogP contribution in [0.2, 0.25) is 0 Å². The molecule has 0 bridgehead atoms. The zero-order valence-electron chi connectivity index (χ0n) is 10.3. The van der Waals surface area contributed by atoms with E-state index in [1.807, 2.05) is 13.8 Å². The van der Waals surface area contributed by atoms with E-state index < -0.39 is 9.84 Å². The maximum Gasteiger partial charge on any atom is 0.151 e. The third kappa shape index (κ3) is 3.85. The van der Waals surface area contributed by atoms with E-state index in [0.717, 1.165) is 6.54 Å². The van der Waals surface area contributed by atoms with Gasteiger partial charge in [0, 0.05) is 18.5 Å². The molecular weight excluding hydrogens is 242 g/mol. The van der Waals surface area contributed by atoms with Crippen LogP contribution >= 0.6 is 0 Å². The number of oxime groups is 1. The van der Waals surface area contributed by atoms with Gasteiger partial charge in [0.05, 0.1) is 11.5 Å². The highest BCUT2D eigenvalue weighted by Crippen LogP contribution is 2.18. The molecule has 6 nitrogen and oxygen atoms in total. The molecule has 17 heavy (non-hydrogen) atoms. The summed E-state index contributed by atoms with van der Waals surface area (Å²) in [4.78, 5) is 2.09. The lowest BCUT2D eigenvalue weighted by molar-refractivity contribution is 0.208. The second-order valence-corrected chi connectivity index (χ2v) is 6.80. The molecule has 0 aromatic rings. The summed E-state index contributed by atoms with van der Waals surface area (Å²) in [5.41, 5.74) is 5.53. The fourth-order valence-electron chi connectivity index (χ4n) is 2.14. The van der Waals surface area contributed by atoms with Crippen LogP contribution < -0.4 is 5.73 Å². The normalized spacial score (nSPS) is 26.3. The predicted octanol–water partition coefficient (Wildman–Crippen LogP) is -0.122. The molecule has 0 aromatic carbocycles. The number of nitrogens with two attached hydrogens (primary N) is 1. The lowest BCUT2D eigenvalue weighted by Gasteiger charge is -2.28. The molecular formula is C10H21N3O3S. The maximum atomic E-state index is 11.4. The Morgan fingerprint density at radius 3 is 2.71 bits per heavy atom. The van der Waals surface area contributed by atoms with Crippen molar-refractivity contribution in [1.82, 2.24) is 4.90 Å². The van der Waals surface area contributed by atoms with Crippen LogP contribution in [0.3, 0.4) is 0 Å². The molecule has 0 saturated carbocycles. The fourth-order valence-corrected chi connectivity index (χ4v) is 3.91. The van der Waals surface area contributed by atoms with E-state index in [-0.39, 0.29) is 29.3 Å². The van der Waals surface area contributed by atoms with Gasteiger partial charge in [0.2, 0.25) is 0 Å². The van der Waals surface area contributed by atoms with Crippen molar-refractivity contribution in [2.24, 2.45) is 16.8 Å². The van der Waals surface area contributed by atoms with Crippen molar-refractivity contribution in [3.63, 3.8) is 0 Å². The van der Waals surface area contributed by atoms with Crippen molar-refractivity contribution < 1.29 is 13.6 Å². The van der Waals surface area contributed by atoms with Crippen LogP contribution in [0.15, 0.2) is 5.16 Å². The molecule has 0 radical (unpaired) electrons. The SMILES string of the molecule is CCN(CC(C)C(N)=NO)C1CCS(=O)(=O)C1. The van der Waals surface area contributed by atoms with Crippen LogP contribution in [0.1, 0.15) is 20.3 Å². The van der Waals surface area contributed by atoms with E-state index >= 15 is 0 Å². The van der Waals surface area contributed by atoms with E-state index in [2.05, 4.69) is 10.1 Å². The van der Waals surface area contributed by atoms with Crippen LogP contribution in [-0.2, 0) is 9.84 Å².